The van der Waals surface area contributed by atoms with E-state index in [1.54, 1.807) is 7.05 Å². The van der Waals surface area contributed by atoms with Crippen LogP contribution in [0, 0.1) is 0 Å². The molecule has 0 aliphatic carbocycles. The molecule has 3 heterocycles. The summed E-state index contributed by atoms with van der Waals surface area (Å²) in [6, 6.07) is 1.95. The molecule has 0 saturated heterocycles. The summed E-state index contributed by atoms with van der Waals surface area (Å²) in [6.45, 7) is 6.21. The van der Waals surface area contributed by atoms with Gasteiger partial charge >= 0.3 is 0 Å². The highest BCUT2D eigenvalue weighted by atomic mass is 16.2. The van der Waals surface area contributed by atoms with E-state index in [4.69, 9.17) is 0 Å². The third kappa shape index (κ3) is 2.60. The molecule has 122 valence electrons. The van der Waals surface area contributed by atoms with Crippen LogP contribution in [0.5, 0.6) is 0 Å². The number of nitrogens with one attached hydrogen (secondary N) is 4. The van der Waals surface area contributed by atoms with E-state index in [0.29, 0.717) is 17.1 Å². The van der Waals surface area contributed by atoms with Gasteiger partial charge in [-0.15, -0.1) is 0 Å². The van der Waals surface area contributed by atoms with Crippen molar-refractivity contribution in [3.63, 3.8) is 0 Å². The number of carbonyl (C=O) groups is 2. The Labute approximate surface area is 133 Å². The Kier molecular flexibility index (Phi) is 3.46. The summed E-state index contributed by atoms with van der Waals surface area (Å²) in [5.41, 5.74) is 2.66. The summed E-state index contributed by atoms with van der Waals surface area (Å²) in [6.07, 6.45) is 0.238. The number of hydrogen-bond acceptors (Lipinski definition) is 4. The highest BCUT2D eigenvalue weighted by Gasteiger charge is 2.35. The fraction of sp³-hybridized carbons (Fsp3) is 0.467. The standard InChI is InChI=1S/C15H20N6O2/c1-15(2,3)9-6-8(18-19-9)7-5-10(22)17-13-11(7)12(20-21-13)14(23)16-4/h6-7H,5H2,1-4H3,(H,16,23)(H,18,19)(H2,17,20,21,22)/t7-/m0/s1. The van der Waals surface area contributed by atoms with Crippen molar-refractivity contribution in [1.29, 1.82) is 0 Å². The number of nitrogens with zero attached hydrogens (tertiary/aromatic N) is 2. The number of H-pyrrole nitrogens is 2. The molecule has 8 heteroatoms. The van der Waals surface area contributed by atoms with Gasteiger partial charge in [-0.25, -0.2) is 0 Å². The van der Waals surface area contributed by atoms with Crippen LogP contribution in [0.4, 0.5) is 5.82 Å². The van der Waals surface area contributed by atoms with E-state index < -0.39 is 0 Å². The van der Waals surface area contributed by atoms with Crippen molar-refractivity contribution in [2.24, 2.45) is 0 Å². The molecule has 0 bridgehead atoms. The van der Waals surface area contributed by atoms with Gasteiger partial charge in [-0.3, -0.25) is 19.8 Å². The van der Waals surface area contributed by atoms with Gasteiger partial charge in [0.15, 0.2) is 5.82 Å². The molecule has 0 saturated carbocycles. The topological polar surface area (TPSA) is 116 Å². The number of carbonyl (C=O) groups excluding carboxylic acids is 2. The molecule has 0 aromatic carbocycles. The SMILES string of the molecule is CNC(=O)c1[nH]nc2c1[C@H](c1cc(C(C)(C)C)n[nH]1)CC(=O)N2. The van der Waals surface area contributed by atoms with Crippen molar-refractivity contribution in [1.82, 2.24) is 25.7 Å². The van der Waals surface area contributed by atoms with Crippen LogP contribution in [0.3, 0.4) is 0 Å². The first-order chi connectivity index (χ1) is 10.8. The minimum absolute atomic E-state index is 0.103. The third-order valence-corrected chi connectivity index (χ3v) is 4.00. The minimum Gasteiger partial charge on any atom is -0.354 e. The van der Waals surface area contributed by atoms with Crippen LogP contribution in [-0.4, -0.2) is 39.3 Å². The summed E-state index contributed by atoms with van der Waals surface area (Å²) in [5.74, 6) is -0.287. The number of rotatable bonds is 2. The Bertz CT molecular complexity index is 767. The molecule has 0 spiro atoms. The number of fused-ring (bicyclic) bond motifs is 1. The number of hydrogen-bond donors (Lipinski definition) is 4. The van der Waals surface area contributed by atoms with Crippen LogP contribution in [0.25, 0.3) is 0 Å². The van der Waals surface area contributed by atoms with Crippen LogP contribution in [0.1, 0.15) is 60.5 Å². The molecular weight excluding hydrogens is 296 g/mol. The molecule has 3 rings (SSSR count). The van der Waals surface area contributed by atoms with Gasteiger partial charge in [0.05, 0.1) is 5.69 Å². The number of aromatic amines is 2. The maximum absolute atomic E-state index is 12.0. The Balaban J connectivity index is 2.08. The molecule has 0 unspecified atom stereocenters. The molecule has 0 fully saturated rings. The van der Waals surface area contributed by atoms with E-state index in [-0.39, 0.29) is 29.6 Å². The summed E-state index contributed by atoms with van der Waals surface area (Å²) in [4.78, 5) is 24.0. The predicted octanol–water partition coefficient (Wildman–Crippen LogP) is 1.26. The maximum Gasteiger partial charge on any atom is 0.269 e. The highest BCUT2D eigenvalue weighted by Crippen LogP contribution is 2.38. The van der Waals surface area contributed by atoms with E-state index in [1.807, 2.05) is 6.07 Å². The second-order valence-corrected chi connectivity index (χ2v) is 6.70. The fourth-order valence-corrected chi connectivity index (χ4v) is 2.72. The average molecular weight is 316 g/mol. The number of aromatic nitrogens is 4. The molecule has 4 N–H and O–H groups in total. The van der Waals surface area contributed by atoms with Crippen molar-refractivity contribution in [3.05, 3.63) is 28.7 Å². The fourth-order valence-electron chi connectivity index (χ4n) is 2.72. The number of anilines is 1. The van der Waals surface area contributed by atoms with E-state index in [0.717, 1.165) is 11.4 Å². The van der Waals surface area contributed by atoms with Gasteiger partial charge < -0.3 is 10.6 Å². The summed E-state index contributed by atoms with van der Waals surface area (Å²) < 4.78 is 0. The van der Waals surface area contributed by atoms with Crippen LogP contribution in [-0.2, 0) is 10.2 Å². The average Bonchev–Trinajstić information content (AvgIpc) is 3.11. The third-order valence-electron chi connectivity index (χ3n) is 4.00. The zero-order valence-corrected chi connectivity index (χ0v) is 13.6. The minimum atomic E-state index is -0.284. The zero-order valence-electron chi connectivity index (χ0n) is 13.6. The first kappa shape index (κ1) is 15.3. The first-order valence-corrected chi connectivity index (χ1v) is 7.47. The zero-order chi connectivity index (χ0) is 16.8. The van der Waals surface area contributed by atoms with E-state index in [1.165, 1.54) is 0 Å². The van der Waals surface area contributed by atoms with Crippen molar-refractivity contribution in [2.75, 3.05) is 12.4 Å². The highest BCUT2D eigenvalue weighted by molar-refractivity contribution is 6.00. The second kappa shape index (κ2) is 5.22. The lowest BCUT2D eigenvalue weighted by atomic mass is 9.86. The molecule has 1 aliphatic heterocycles. The van der Waals surface area contributed by atoms with Gasteiger partial charge in [0, 0.05) is 36.1 Å². The first-order valence-electron chi connectivity index (χ1n) is 7.47. The Morgan fingerprint density at radius 3 is 2.65 bits per heavy atom. The molecule has 1 atom stereocenters. The quantitative estimate of drug-likeness (QED) is 0.667. The van der Waals surface area contributed by atoms with Crippen molar-refractivity contribution >= 4 is 17.6 Å². The molecule has 1 aliphatic rings. The normalized spacial score (nSPS) is 17.6. The van der Waals surface area contributed by atoms with E-state index in [2.05, 4.69) is 51.8 Å². The van der Waals surface area contributed by atoms with Crippen molar-refractivity contribution in [2.45, 2.75) is 38.5 Å². The molecule has 2 amide bonds. The number of amides is 2. The van der Waals surface area contributed by atoms with Crippen LogP contribution in [0.15, 0.2) is 6.07 Å². The smallest absolute Gasteiger partial charge is 0.269 e. The van der Waals surface area contributed by atoms with Gasteiger partial charge in [-0.05, 0) is 6.07 Å². The summed E-state index contributed by atoms with van der Waals surface area (Å²) in [7, 11) is 1.56. The monoisotopic (exact) mass is 316 g/mol. The van der Waals surface area contributed by atoms with Gasteiger partial charge in [0.1, 0.15) is 5.69 Å². The lowest BCUT2D eigenvalue weighted by Gasteiger charge is -2.21. The Morgan fingerprint density at radius 1 is 1.30 bits per heavy atom. The molecule has 2 aromatic rings. The van der Waals surface area contributed by atoms with Crippen molar-refractivity contribution in [3.8, 4) is 0 Å². The van der Waals surface area contributed by atoms with E-state index in [9.17, 15) is 9.59 Å². The lowest BCUT2D eigenvalue weighted by molar-refractivity contribution is -0.116. The molecular formula is C15H20N6O2. The maximum atomic E-state index is 12.0. The summed E-state index contributed by atoms with van der Waals surface area (Å²) >= 11 is 0. The van der Waals surface area contributed by atoms with Gasteiger partial charge in [-0.2, -0.15) is 10.2 Å². The lowest BCUT2D eigenvalue weighted by Crippen LogP contribution is -2.26. The second-order valence-electron chi connectivity index (χ2n) is 6.70. The van der Waals surface area contributed by atoms with Gasteiger partial charge in [-0.1, -0.05) is 20.8 Å². The summed E-state index contributed by atoms with van der Waals surface area (Å²) in [5, 5.41) is 19.4. The van der Waals surface area contributed by atoms with Gasteiger partial charge in [0.25, 0.3) is 5.91 Å². The van der Waals surface area contributed by atoms with Crippen LogP contribution in [0.2, 0.25) is 0 Å². The molecule has 23 heavy (non-hydrogen) atoms. The van der Waals surface area contributed by atoms with Crippen LogP contribution < -0.4 is 10.6 Å². The Hall–Kier alpha value is -2.64. The van der Waals surface area contributed by atoms with Gasteiger partial charge in [0.2, 0.25) is 5.91 Å². The van der Waals surface area contributed by atoms with Crippen molar-refractivity contribution < 1.29 is 9.59 Å². The molecule has 0 radical (unpaired) electrons. The van der Waals surface area contributed by atoms with Crippen LogP contribution >= 0.6 is 0 Å². The largest absolute Gasteiger partial charge is 0.354 e. The predicted molar refractivity (Wildman–Crippen MR) is 84.4 cm³/mol. The Morgan fingerprint density at radius 2 is 2.04 bits per heavy atom. The van der Waals surface area contributed by atoms with E-state index >= 15 is 0 Å². The molecule has 8 nitrogen and oxygen atoms in total. The molecule has 2 aromatic heterocycles.